The molecule has 3 N–H and O–H groups in total. The maximum Gasteiger partial charge on any atom is 0.416 e. The highest BCUT2D eigenvalue weighted by molar-refractivity contribution is 6.04. The van der Waals surface area contributed by atoms with Gasteiger partial charge in [-0.3, -0.25) is 14.7 Å². The molecule has 0 aliphatic carbocycles. The van der Waals surface area contributed by atoms with Gasteiger partial charge < -0.3 is 16.0 Å². The van der Waals surface area contributed by atoms with Crippen LogP contribution in [-0.2, 0) is 12.7 Å². The first-order chi connectivity index (χ1) is 17.6. The monoisotopic (exact) mass is 509 g/mol. The zero-order valence-corrected chi connectivity index (χ0v) is 20.4. The number of nitrogens with one attached hydrogen (secondary N) is 1. The summed E-state index contributed by atoms with van der Waals surface area (Å²) in [6.07, 6.45) is -0.398. The van der Waals surface area contributed by atoms with E-state index in [4.69, 9.17) is 5.73 Å². The number of nitrogens with two attached hydrogens (primary N) is 1. The molecule has 3 heterocycles. The van der Waals surface area contributed by atoms with Crippen molar-refractivity contribution in [3.63, 3.8) is 0 Å². The molecule has 1 aromatic carbocycles. The minimum atomic E-state index is -4.55. The predicted octanol–water partition coefficient (Wildman–Crippen LogP) is 3.18. The summed E-state index contributed by atoms with van der Waals surface area (Å²) in [4.78, 5) is 29.2. The number of alkyl halides is 3. The summed E-state index contributed by atoms with van der Waals surface area (Å²) >= 11 is 0. The van der Waals surface area contributed by atoms with Crippen LogP contribution in [0.25, 0.3) is 0 Å². The van der Waals surface area contributed by atoms with Crippen LogP contribution in [0.5, 0.6) is 0 Å². The smallest absolute Gasteiger partial charge is 0.382 e. The summed E-state index contributed by atoms with van der Waals surface area (Å²) in [7, 11) is 1.99. The molecule has 1 fully saturated rings. The highest BCUT2D eigenvalue weighted by atomic mass is 19.4. The van der Waals surface area contributed by atoms with E-state index >= 15 is 0 Å². The van der Waals surface area contributed by atoms with Crippen LogP contribution in [0, 0.1) is 18.8 Å². The highest BCUT2D eigenvalue weighted by Gasteiger charge is 2.34. The van der Waals surface area contributed by atoms with E-state index in [1.165, 1.54) is 36.8 Å². The Morgan fingerprint density at radius 1 is 1.05 bits per heavy atom. The number of amides is 1. The van der Waals surface area contributed by atoms with Gasteiger partial charge in [0.1, 0.15) is 11.5 Å². The van der Waals surface area contributed by atoms with Crippen LogP contribution in [0.1, 0.15) is 38.4 Å². The van der Waals surface area contributed by atoms with Gasteiger partial charge in [0, 0.05) is 50.2 Å². The van der Waals surface area contributed by atoms with E-state index in [0.717, 1.165) is 19.2 Å². The second-order valence-corrected chi connectivity index (χ2v) is 8.84. The van der Waals surface area contributed by atoms with E-state index in [1.54, 1.807) is 6.92 Å². The summed E-state index contributed by atoms with van der Waals surface area (Å²) in [5, 5.41) is 2.55. The summed E-state index contributed by atoms with van der Waals surface area (Å²) in [5.74, 6) is 5.39. The molecule has 0 radical (unpaired) electrons. The van der Waals surface area contributed by atoms with Gasteiger partial charge in [-0.2, -0.15) is 13.2 Å². The molecule has 8 nitrogen and oxygen atoms in total. The number of hydrogen-bond acceptors (Lipinski definition) is 7. The van der Waals surface area contributed by atoms with Gasteiger partial charge in [0.15, 0.2) is 0 Å². The van der Waals surface area contributed by atoms with Gasteiger partial charge >= 0.3 is 6.18 Å². The van der Waals surface area contributed by atoms with Gasteiger partial charge in [-0.1, -0.05) is 12.0 Å². The minimum absolute atomic E-state index is 0.0461. The van der Waals surface area contributed by atoms with Crippen LogP contribution in [0.4, 0.5) is 24.7 Å². The zero-order chi connectivity index (χ0) is 26.6. The van der Waals surface area contributed by atoms with Crippen molar-refractivity contribution in [2.24, 2.45) is 0 Å². The Labute approximate surface area is 212 Å². The van der Waals surface area contributed by atoms with Crippen molar-refractivity contribution in [1.82, 2.24) is 24.8 Å². The van der Waals surface area contributed by atoms with Crippen molar-refractivity contribution in [3.05, 3.63) is 76.5 Å². The molecule has 3 aromatic rings. The molecule has 1 aliphatic heterocycles. The maximum absolute atomic E-state index is 13.9. The molecule has 0 bridgehead atoms. The number of anilines is 2. The number of benzene rings is 1. The van der Waals surface area contributed by atoms with E-state index in [9.17, 15) is 18.0 Å². The van der Waals surface area contributed by atoms with Crippen molar-refractivity contribution in [2.75, 3.05) is 44.3 Å². The molecular formula is C26H26F3N7O. The van der Waals surface area contributed by atoms with Gasteiger partial charge in [0.25, 0.3) is 5.91 Å². The molecule has 192 valence electrons. The van der Waals surface area contributed by atoms with Gasteiger partial charge in [-0.25, -0.2) is 9.97 Å². The van der Waals surface area contributed by atoms with E-state index in [0.29, 0.717) is 30.0 Å². The zero-order valence-electron chi connectivity index (χ0n) is 20.4. The Hall–Kier alpha value is -4.01. The normalized spacial score (nSPS) is 14.6. The Bertz CT molecular complexity index is 1340. The number of halogens is 3. The lowest BCUT2D eigenvalue weighted by molar-refractivity contribution is -0.138. The van der Waals surface area contributed by atoms with Crippen molar-refractivity contribution < 1.29 is 18.0 Å². The number of hydrogen-bond donors (Lipinski definition) is 2. The molecule has 1 amide bonds. The average Bonchev–Trinajstić information content (AvgIpc) is 2.86. The predicted molar refractivity (Wildman–Crippen MR) is 134 cm³/mol. The molecule has 0 unspecified atom stereocenters. The quantitative estimate of drug-likeness (QED) is 0.521. The molecule has 4 rings (SSSR count). The summed E-state index contributed by atoms with van der Waals surface area (Å²) in [5.41, 5.74) is 6.59. The number of piperazine rings is 1. The number of rotatable bonds is 4. The molecule has 37 heavy (non-hydrogen) atoms. The summed E-state index contributed by atoms with van der Waals surface area (Å²) in [6, 6.07) is 5.42. The number of aryl methyl sites for hydroxylation is 1. The largest absolute Gasteiger partial charge is 0.416 e. The molecule has 11 heteroatoms. The maximum atomic E-state index is 13.9. The molecule has 0 atom stereocenters. The SMILES string of the molecule is Cc1ncc(C(=O)Nc2ccc(CN3CCN(C)CC3)c(C(F)(F)F)c2)cc1C#Cc1cnc(N)cn1. The van der Waals surface area contributed by atoms with Crippen LogP contribution in [-0.4, -0.2) is 63.9 Å². The first kappa shape index (κ1) is 26.1. The van der Waals surface area contributed by atoms with Gasteiger partial charge in [-0.15, -0.1) is 0 Å². The molecule has 1 saturated heterocycles. The average molecular weight is 510 g/mol. The van der Waals surface area contributed by atoms with Crippen molar-refractivity contribution in [2.45, 2.75) is 19.6 Å². The number of nitrogen functional groups attached to an aromatic ring is 1. The van der Waals surface area contributed by atoms with Crippen molar-refractivity contribution in [3.8, 4) is 11.8 Å². The standard InChI is InChI=1S/C26H26F3N7O/c1-17-18(3-6-22-14-33-24(30)15-32-22)11-20(13-31-17)25(37)34-21-5-4-19(23(12-21)26(27,28)29)16-36-9-7-35(2)8-10-36/h4-5,11-15H,7-10,16H2,1-2H3,(H2,30,33)(H,34,37). The van der Waals surface area contributed by atoms with Gasteiger partial charge in [0.05, 0.1) is 29.2 Å². The van der Waals surface area contributed by atoms with Crippen LogP contribution in [0.3, 0.4) is 0 Å². The lowest BCUT2D eigenvalue weighted by Gasteiger charge is -2.33. The minimum Gasteiger partial charge on any atom is -0.382 e. The highest BCUT2D eigenvalue weighted by Crippen LogP contribution is 2.34. The van der Waals surface area contributed by atoms with Crippen LogP contribution >= 0.6 is 0 Å². The Morgan fingerprint density at radius 2 is 1.81 bits per heavy atom. The van der Waals surface area contributed by atoms with Crippen LogP contribution in [0.2, 0.25) is 0 Å². The third-order valence-corrected chi connectivity index (χ3v) is 6.01. The Balaban J connectivity index is 1.52. The fourth-order valence-corrected chi connectivity index (χ4v) is 3.82. The number of likely N-dealkylation sites (N-methyl/N-ethyl adjacent to an activating group) is 1. The van der Waals surface area contributed by atoms with E-state index < -0.39 is 17.6 Å². The first-order valence-electron chi connectivity index (χ1n) is 11.6. The molecule has 1 aliphatic rings. The fourth-order valence-electron chi connectivity index (χ4n) is 3.82. The number of carbonyl (C=O) groups is 1. The number of carbonyl (C=O) groups excluding carboxylic acids is 1. The molecule has 0 saturated carbocycles. The van der Waals surface area contributed by atoms with Crippen LogP contribution < -0.4 is 11.1 Å². The fraction of sp³-hybridized carbons (Fsp3) is 0.308. The molecule has 2 aromatic heterocycles. The number of pyridine rings is 1. The van der Waals surface area contributed by atoms with Gasteiger partial charge in [-0.05, 0) is 43.7 Å². The second kappa shape index (κ2) is 10.9. The van der Waals surface area contributed by atoms with Crippen molar-refractivity contribution in [1.29, 1.82) is 0 Å². The van der Waals surface area contributed by atoms with Gasteiger partial charge in [0.2, 0.25) is 0 Å². The second-order valence-electron chi connectivity index (χ2n) is 8.84. The third kappa shape index (κ3) is 6.81. The van der Waals surface area contributed by atoms with Crippen molar-refractivity contribution >= 4 is 17.4 Å². The third-order valence-electron chi connectivity index (χ3n) is 6.01. The Kier molecular flexibility index (Phi) is 7.71. The lowest BCUT2D eigenvalue weighted by Crippen LogP contribution is -2.44. The van der Waals surface area contributed by atoms with E-state index in [-0.39, 0.29) is 29.2 Å². The molecule has 0 spiro atoms. The summed E-state index contributed by atoms with van der Waals surface area (Å²) in [6.45, 7) is 4.93. The summed E-state index contributed by atoms with van der Waals surface area (Å²) < 4.78 is 41.6. The molecular weight excluding hydrogens is 483 g/mol. The topological polar surface area (TPSA) is 100 Å². The lowest BCUT2D eigenvalue weighted by atomic mass is 10.0. The van der Waals surface area contributed by atoms with Crippen LogP contribution in [0.15, 0.2) is 42.9 Å². The number of aromatic nitrogens is 3. The Morgan fingerprint density at radius 3 is 2.49 bits per heavy atom. The first-order valence-corrected chi connectivity index (χ1v) is 11.6. The number of nitrogens with zero attached hydrogens (tertiary/aromatic N) is 5. The van der Waals surface area contributed by atoms with E-state index in [2.05, 4.69) is 37.0 Å². The van der Waals surface area contributed by atoms with E-state index in [1.807, 2.05) is 11.9 Å².